The molecule has 0 radical (unpaired) electrons. The van der Waals surface area contributed by atoms with E-state index in [1.165, 1.54) is 6.07 Å². The van der Waals surface area contributed by atoms with E-state index in [2.05, 4.69) is 35.2 Å². The molecule has 1 aromatic carbocycles. The molecule has 2 atom stereocenters. The fraction of sp³-hybridized carbons (Fsp3) is 0.538. The van der Waals surface area contributed by atoms with Crippen molar-refractivity contribution in [3.8, 4) is 0 Å². The lowest BCUT2D eigenvalue weighted by atomic mass is 9.92. The molecule has 0 fully saturated rings. The molecular formula is C13H20BrFN2. The fourth-order valence-corrected chi connectivity index (χ4v) is 2.43. The minimum atomic E-state index is -0.206. The van der Waals surface area contributed by atoms with Crippen molar-refractivity contribution in [1.82, 2.24) is 5.43 Å². The summed E-state index contributed by atoms with van der Waals surface area (Å²) in [6.45, 7) is 4.32. The molecule has 0 aromatic heterocycles. The molecule has 0 aliphatic carbocycles. The molecule has 1 aromatic rings. The standard InChI is InChI=1S/C13H20BrFN2/c1-3-4-9(2)13(17-16)8-10-7-11(15)5-6-12(10)14/h5-7,9,13,17H,3-4,8,16H2,1-2H3. The van der Waals surface area contributed by atoms with Crippen LogP contribution in [0.15, 0.2) is 22.7 Å². The Hall–Kier alpha value is -0.450. The number of benzene rings is 1. The molecule has 0 saturated carbocycles. The third-order valence-electron chi connectivity index (χ3n) is 3.09. The zero-order valence-electron chi connectivity index (χ0n) is 10.3. The summed E-state index contributed by atoms with van der Waals surface area (Å²) < 4.78 is 14.1. The van der Waals surface area contributed by atoms with Gasteiger partial charge in [0.05, 0.1) is 0 Å². The molecule has 0 amide bonds. The molecule has 96 valence electrons. The first-order valence-electron chi connectivity index (χ1n) is 5.98. The second-order valence-corrected chi connectivity index (χ2v) is 5.33. The number of hydrogen-bond acceptors (Lipinski definition) is 2. The van der Waals surface area contributed by atoms with Crippen molar-refractivity contribution < 1.29 is 4.39 Å². The van der Waals surface area contributed by atoms with Gasteiger partial charge < -0.3 is 0 Å². The Morgan fingerprint density at radius 2 is 2.18 bits per heavy atom. The van der Waals surface area contributed by atoms with Crippen LogP contribution in [0.4, 0.5) is 4.39 Å². The largest absolute Gasteiger partial charge is 0.271 e. The monoisotopic (exact) mass is 302 g/mol. The second kappa shape index (κ2) is 7.09. The van der Waals surface area contributed by atoms with Gasteiger partial charge in [0, 0.05) is 10.5 Å². The highest BCUT2D eigenvalue weighted by molar-refractivity contribution is 9.10. The molecule has 0 aliphatic heterocycles. The summed E-state index contributed by atoms with van der Waals surface area (Å²) in [6, 6.07) is 4.93. The van der Waals surface area contributed by atoms with E-state index in [1.54, 1.807) is 12.1 Å². The van der Waals surface area contributed by atoms with Crippen LogP contribution in [0.2, 0.25) is 0 Å². The maximum atomic E-state index is 13.2. The number of nitrogens with one attached hydrogen (secondary N) is 1. The summed E-state index contributed by atoms with van der Waals surface area (Å²) in [5, 5.41) is 0. The Balaban J connectivity index is 2.76. The molecule has 0 bridgehead atoms. The lowest BCUT2D eigenvalue weighted by molar-refractivity contribution is 0.356. The van der Waals surface area contributed by atoms with Gasteiger partial charge in [-0.1, -0.05) is 36.2 Å². The van der Waals surface area contributed by atoms with Gasteiger partial charge in [-0.2, -0.15) is 0 Å². The molecule has 3 N–H and O–H groups in total. The number of hydrazine groups is 1. The Morgan fingerprint density at radius 1 is 1.47 bits per heavy atom. The summed E-state index contributed by atoms with van der Waals surface area (Å²) in [5.41, 5.74) is 3.79. The van der Waals surface area contributed by atoms with Crippen molar-refractivity contribution in [3.63, 3.8) is 0 Å². The maximum absolute atomic E-state index is 13.2. The number of halogens is 2. The summed E-state index contributed by atoms with van der Waals surface area (Å²) >= 11 is 3.44. The van der Waals surface area contributed by atoms with Gasteiger partial charge in [-0.15, -0.1) is 0 Å². The highest BCUT2D eigenvalue weighted by Crippen LogP contribution is 2.22. The van der Waals surface area contributed by atoms with E-state index in [4.69, 9.17) is 5.84 Å². The van der Waals surface area contributed by atoms with Crippen LogP contribution in [0.3, 0.4) is 0 Å². The van der Waals surface area contributed by atoms with E-state index in [0.717, 1.165) is 29.3 Å². The number of rotatable bonds is 6. The van der Waals surface area contributed by atoms with Crippen molar-refractivity contribution in [3.05, 3.63) is 34.1 Å². The Bertz CT molecular complexity index is 357. The topological polar surface area (TPSA) is 38.0 Å². The smallest absolute Gasteiger partial charge is 0.123 e. The Morgan fingerprint density at radius 3 is 2.76 bits per heavy atom. The summed E-state index contributed by atoms with van der Waals surface area (Å²) in [6.07, 6.45) is 2.97. The van der Waals surface area contributed by atoms with Crippen LogP contribution < -0.4 is 11.3 Å². The third kappa shape index (κ3) is 4.37. The highest BCUT2D eigenvalue weighted by atomic mass is 79.9. The first-order valence-corrected chi connectivity index (χ1v) is 6.77. The first-order chi connectivity index (χ1) is 8.08. The molecule has 2 nitrogen and oxygen atoms in total. The average molecular weight is 303 g/mol. The first kappa shape index (κ1) is 14.6. The number of hydrogen-bond donors (Lipinski definition) is 2. The Kier molecular flexibility index (Phi) is 6.09. The van der Waals surface area contributed by atoms with Gasteiger partial charge in [-0.3, -0.25) is 11.3 Å². The van der Waals surface area contributed by atoms with Crippen LogP contribution in [0, 0.1) is 11.7 Å². The predicted octanol–water partition coefficient (Wildman–Crippen LogP) is 3.40. The van der Waals surface area contributed by atoms with Crippen molar-refractivity contribution in [2.24, 2.45) is 11.8 Å². The molecule has 0 spiro atoms. The predicted molar refractivity (Wildman–Crippen MR) is 73.0 cm³/mol. The zero-order valence-corrected chi connectivity index (χ0v) is 11.9. The van der Waals surface area contributed by atoms with Crippen molar-refractivity contribution >= 4 is 15.9 Å². The quantitative estimate of drug-likeness (QED) is 0.624. The van der Waals surface area contributed by atoms with E-state index in [0.29, 0.717) is 5.92 Å². The molecule has 0 heterocycles. The van der Waals surface area contributed by atoms with Crippen LogP contribution in [-0.2, 0) is 6.42 Å². The van der Waals surface area contributed by atoms with Gasteiger partial charge in [0.2, 0.25) is 0 Å². The van der Waals surface area contributed by atoms with Crippen LogP contribution >= 0.6 is 15.9 Å². The van der Waals surface area contributed by atoms with Crippen LogP contribution in [0.25, 0.3) is 0 Å². The van der Waals surface area contributed by atoms with E-state index < -0.39 is 0 Å². The van der Waals surface area contributed by atoms with E-state index >= 15 is 0 Å². The minimum Gasteiger partial charge on any atom is -0.271 e. The fourth-order valence-electron chi connectivity index (χ4n) is 2.02. The maximum Gasteiger partial charge on any atom is 0.123 e. The van der Waals surface area contributed by atoms with Gasteiger partial charge in [0.25, 0.3) is 0 Å². The van der Waals surface area contributed by atoms with E-state index in [9.17, 15) is 4.39 Å². The Labute approximate surface area is 111 Å². The SMILES string of the molecule is CCCC(C)C(Cc1cc(F)ccc1Br)NN. The van der Waals surface area contributed by atoms with Crippen LogP contribution in [0.5, 0.6) is 0 Å². The lowest BCUT2D eigenvalue weighted by Crippen LogP contribution is -2.41. The number of nitrogens with two attached hydrogens (primary N) is 1. The lowest BCUT2D eigenvalue weighted by Gasteiger charge is -2.23. The normalized spacial score (nSPS) is 14.6. The highest BCUT2D eigenvalue weighted by Gasteiger charge is 2.17. The van der Waals surface area contributed by atoms with Crippen LogP contribution in [0.1, 0.15) is 32.3 Å². The van der Waals surface area contributed by atoms with Gasteiger partial charge in [-0.05, 0) is 42.5 Å². The van der Waals surface area contributed by atoms with Gasteiger partial charge in [0.15, 0.2) is 0 Å². The molecule has 17 heavy (non-hydrogen) atoms. The minimum absolute atomic E-state index is 0.174. The molecule has 1 rings (SSSR count). The zero-order chi connectivity index (χ0) is 12.8. The summed E-state index contributed by atoms with van der Waals surface area (Å²) in [5.74, 6) is 5.85. The van der Waals surface area contributed by atoms with Crippen LogP contribution in [-0.4, -0.2) is 6.04 Å². The third-order valence-corrected chi connectivity index (χ3v) is 3.87. The van der Waals surface area contributed by atoms with Gasteiger partial charge in [0.1, 0.15) is 5.82 Å². The van der Waals surface area contributed by atoms with Crippen molar-refractivity contribution in [1.29, 1.82) is 0 Å². The summed E-state index contributed by atoms with van der Waals surface area (Å²) in [7, 11) is 0. The molecule has 0 saturated heterocycles. The van der Waals surface area contributed by atoms with Gasteiger partial charge in [-0.25, -0.2) is 4.39 Å². The second-order valence-electron chi connectivity index (χ2n) is 4.48. The van der Waals surface area contributed by atoms with E-state index in [-0.39, 0.29) is 11.9 Å². The van der Waals surface area contributed by atoms with Crippen molar-refractivity contribution in [2.45, 2.75) is 39.2 Å². The van der Waals surface area contributed by atoms with Gasteiger partial charge >= 0.3 is 0 Å². The van der Waals surface area contributed by atoms with E-state index in [1.807, 2.05) is 0 Å². The molecule has 0 aliphatic rings. The average Bonchev–Trinajstić information content (AvgIpc) is 2.30. The molecule has 2 unspecified atom stereocenters. The molecule has 4 heteroatoms. The summed E-state index contributed by atoms with van der Waals surface area (Å²) in [4.78, 5) is 0. The molecular weight excluding hydrogens is 283 g/mol. The van der Waals surface area contributed by atoms with Crippen molar-refractivity contribution in [2.75, 3.05) is 0 Å².